The smallest absolute Gasteiger partial charge is 0.262 e. The lowest BCUT2D eigenvalue weighted by molar-refractivity contribution is -0.118. The summed E-state index contributed by atoms with van der Waals surface area (Å²) in [5.74, 6) is 0.323. The molecule has 3 aromatic rings. The molecule has 0 heterocycles. The highest BCUT2D eigenvalue weighted by Crippen LogP contribution is 2.24. The molecule has 0 saturated carbocycles. The van der Waals surface area contributed by atoms with Crippen LogP contribution in [0.3, 0.4) is 0 Å². The van der Waals surface area contributed by atoms with Crippen molar-refractivity contribution in [3.05, 3.63) is 90.0 Å². The third-order valence-corrected chi connectivity index (χ3v) is 4.25. The number of anilines is 1. The Morgan fingerprint density at radius 2 is 1.47 bits per heavy atom. The molecule has 30 heavy (non-hydrogen) atoms. The summed E-state index contributed by atoms with van der Waals surface area (Å²) in [7, 11) is 0. The van der Waals surface area contributed by atoms with Gasteiger partial charge in [0.1, 0.15) is 11.5 Å². The minimum atomic E-state index is -0.346. The molecular weight excluding hydrogens is 380 g/mol. The van der Waals surface area contributed by atoms with Crippen molar-refractivity contribution in [3.63, 3.8) is 0 Å². The summed E-state index contributed by atoms with van der Waals surface area (Å²) < 4.78 is 11.1. The van der Waals surface area contributed by atoms with Crippen LogP contribution in [-0.2, 0) is 11.3 Å². The highest BCUT2D eigenvalue weighted by molar-refractivity contribution is 5.97. The van der Waals surface area contributed by atoms with Crippen molar-refractivity contribution >= 4 is 17.5 Å². The van der Waals surface area contributed by atoms with Gasteiger partial charge >= 0.3 is 0 Å². The van der Waals surface area contributed by atoms with E-state index in [2.05, 4.69) is 10.6 Å². The van der Waals surface area contributed by atoms with E-state index in [1.54, 1.807) is 36.4 Å². The van der Waals surface area contributed by atoms with E-state index in [-0.39, 0.29) is 18.4 Å². The minimum absolute atomic E-state index is 0.233. The maximum absolute atomic E-state index is 12.6. The molecule has 0 aliphatic rings. The number of carbonyl (C=O) groups is 2. The topological polar surface area (TPSA) is 76.7 Å². The quantitative estimate of drug-likeness (QED) is 0.565. The number of nitrogens with one attached hydrogen (secondary N) is 2. The van der Waals surface area contributed by atoms with E-state index in [1.807, 2.05) is 49.4 Å². The van der Waals surface area contributed by atoms with Gasteiger partial charge in [0.25, 0.3) is 11.8 Å². The second kappa shape index (κ2) is 10.7. The molecule has 6 heteroatoms. The van der Waals surface area contributed by atoms with Gasteiger partial charge in [-0.25, -0.2) is 0 Å². The molecule has 2 N–H and O–H groups in total. The number of ether oxygens (including phenoxy) is 2. The van der Waals surface area contributed by atoms with E-state index in [9.17, 15) is 9.59 Å². The first kappa shape index (κ1) is 20.9. The molecule has 0 aromatic heterocycles. The molecule has 0 bridgehead atoms. The lowest BCUT2D eigenvalue weighted by Crippen LogP contribution is -2.25. The normalized spacial score (nSPS) is 10.2. The van der Waals surface area contributed by atoms with E-state index >= 15 is 0 Å². The Kier molecular flexibility index (Phi) is 7.44. The Hall–Kier alpha value is -3.80. The van der Waals surface area contributed by atoms with Gasteiger partial charge in [0.15, 0.2) is 6.61 Å². The molecule has 0 spiro atoms. The molecular formula is C24H24N2O4. The SMILES string of the molecule is CCOc1ccccc1NC(=O)COc1ccccc1C(=O)NCc1ccccc1. The summed E-state index contributed by atoms with van der Waals surface area (Å²) in [5.41, 5.74) is 1.94. The monoisotopic (exact) mass is 404 g/mol. The van der Waals surface area contributed by atoms with Crippen molar-refractivity contribution in [1.29, 1.82) is 0 Å². The third kappa shape index (κ3) is 5.85. The summed E-state index contributed by atoms with van der Waals surface area (Å²) in [6, 6.07) is 23.7. The van der Waals surface area contributed by atoms with E-state index in [4.69, 9.17) is 9.47 Å². The van der Waals surface area contributed by atoms with Crippen molar-refractivity contribution in [2.45, 2.75) is 13.5 Å². The first-order chi connectivity index (χ1) is 14.7. The predicted molar refractivity (Wildman–Crippen MR) is 116 cm³/mol. The largest absolute Gasteiger partial charge is 0.492 e. The second-order valence-electron chi connectivity index (χ2n) is 6.43. The molecule has 3 aromatic carbocycles. The van der Waals surface area contributed by atoms with Crippen LogP contribution in [0.25, 0.3) is 0 Å². The maximum Gasteiger partial charge on any atom is 0.262 e. The molecule has 154 valence electrons. The average Bonchev–Trinajstić information content (AvgIpc) is 2.78. The molecule has 0 unspecified atom stereocenters. The molecule has 0 aliphatic carbocycles. The van der Waals surface area contributed by atoms with Crippen LogP contribution in [0.15, 0.2) is 78.9 Å². The van der Waals surface area contributed by atoms with Crippen LogP contribution < -0.4 is 20.1 Å². The average molecular weight is 404 g/mol. The summed E-state index contributed by atoms with van der Waals surface area (Å²) in [4.78, 5) is 24.9. The van der Waals surface area contributed by atoms with Gasteiger partial charge in [-0.1, -0.05) is 54.6 Å². The van der Waals surface area contributed by atoms with E-state index in [1.165, 1.54) is 0 Å². The minimum Gasteiger partial charge on any atom is -0.492 e. The summed E-state index contributed by atoms with van der Waals surface area (Å²) in [6.45, 7) is 2.54. The predicted octanol–water partition coefficient (Wildman–Crippen LogP) is 4.03. The van der Waals surface area contributed by atoms with Crippen molar-refractivity contribution in [3.8, 4) is 11.5 Å². The van der Waals surface area contributed by atoms with Gasteiger partial charge in [-0.2, -0.15) is 0 Å². The van der Waals surface area contributed by atoms with Crippen LogP contribution in [0.2, 0.25) is 0 Å². The Morgan fingerprint density at radius 1 is 0.800 bits per heavy atom. The Balaban J connectivity index is 1.59. The van der Waals surface area contributed by atoms with Gasteiger partial charge in [-0.05, 0) is 36.8 Å². The van der Waals surface area contributed by atoms with Crippen LogP contribution in [0.5, 0.6) is 11.5 Å². The van der Waals surface area contributed by atoms with Gasteiger partial charge in [0.05, 0.1) is 17.9 Å². The highest BCUT2D eigenvalue weighted by Gasteiger charge is 2.14. The Labute approximate surface area is 175 Å². The molecule has 6 nitrogen and oxygen atoms in total. The Morgan fingerprint density at radius 3 is 2.23 bits per heavy atom. The van der Waals surface area contributed by atoms with Crippen molar-refractivity contribution < 1.29 is 19.1 Å². The number of carbonyl (C=O) groups excluding carboxylic acids is 2. The highest BCUT2D eigenvalue weighted by atomic mass is 16.5. The summed E-state index contributed by atoms with van der Waals surface area (Å²) in [5, 5.41) is 5.64. The lowest BCUT2D eigenvalue weighted by Gasteiger charge is -2.13. The van der Waals surface area contributed by atoms with E-state index < -0.39 is 0 Å². The van der Waals surface area contributed by atoms with Gasteiger partial charge in [0, 0.05) is 6.54 Å². The van der Waals surface area contributed by atoms with E-state index in [0.717, 1.165) is 5.56 Å². The number of amides is 2. The van der Waals surface area contributed by atoms with Gasteiger partial charge in [-0.3, -0.25) is 9.59 Å². The lowest BCUT2D eigenvalue weighted by atomic mass is 10.1. The van der Waals surface area contributed by atoms with Gasteiger partial charge < -0.3 is 20.1 Å². The molecule has 3 rings (SSSR count). The van der Waals surface area contributed by atoms with Crippen molar-refractivity contribution in [2.24, 2.45) is 0 Å². The van der Waals surface area contributed by atoms with Crippen LogP contribution in [0, 0.1) is 0 Å². The van der Waals surface area contributed by atoms with Crippen molar-refractivity contribution in [1.82, 2.24) is 5.32 Å². The van der Waals surface area contributed by atoms with E-state index in [0.29, 0.717) is 35.9 Å². The van der Waals surface area contributed by atoms with Crippen LogP contribution >= 0.6 is 0 Å². The van der Waals surface area contributed by atoms with Crippen LogP contribution in [0.1, 0.15) is 22.8 Å². The molecule has 0 fully saturated rings. The third-order valence-electron chi connectivity index (χ3n) is 4.25. The fourth-order valence-electron chi connectivity index (χ4n) is 2.83. The maximum atomic E-state index is 12.6. The first-order valence-corrected chi connectivity index (χ1v) is 9.73. The molecule has 0 aliphatic heterocycles. The summed E-state index contributed by atoms with van der Waals surface area (Å²) in [6.07, 6.45) is 0. The second-order valence-corrected chi connectivity index (χ2v) is 6.43. The summed E-state index contributed by atoms with van der Waals surface area (Å²) >= 11 is 0. The van der Waals surface area contributed by atoms with Gasteiger partial charge in [-0.15, -0.1) is 0 Å². The number of hydrogen-bond donors (Lipinski definition) is 2. The Bertz CT molecular complexity index is 989. The number of benzene rings is 3. The van der Waals surface area contributed by atoms with Crippen molar-refractivity contribution in [2.75, 3.05) is 18.5 Å². The zero-order valence-corrected chi connectivity index (χ0v) is 16.8. The fraction of sp³-hybridized carbons (Fsp3) is 0.167. The van der Waals surface area contributed by atoms with Crippen LogP contribution in [0.4, 0.5) is 5.69 Å². The standard InChI is InChI=1S/C24H24N2O4/c1-2-29-22-15-9-7-13-20(22)26-23(27)17-30-21-14-8-6-12-19(21)24(28)25-16-18-10-4-3-5-11-18/h3-15H,2,16-17H2,1H3,(H,25,28)(H,26,27). The number of rotatable bonds is 9. The number of hydrogen-bond acceptors (Lipinski definition) is 4. The van der Waals surface area contributed by atoms with Crippen LogP contribution in [-0.4, -0.2) is 25.0 Å². The molecule has 0 saturated heterocycles. The number of para-hydroxylation sites is 3. The zero-order chi connectivity index (χ0) is 21.2. The molecule has 2 amide bonds. The first-order valence-electron chi connectivity index (χ1n) is 9.73. The fourth-order valence-corrected chi connectivity index (χ4v) is 2.83. The molecule has 0 atom stereocenters. The van der Waals surface area contributed by atoms with Gasteiger partial charge in [0.2, 0.25) is 0 Å². The molecule has 0 radical (unpaired) electrons. The zero-order valence-electron chi connectivity index (χ0n) is 16.8.